The number of ether oxygens (including phenoxy) is 4. The summed E-state index contributed by atoms with van der Waals surface area (Å²) in [5.74, 6) is 2.37. The summed E-state index contributed by atoms with van der Waals surface area (Å²) < 4.78 is 20.1. The molecule has 0 aliphatic rings. The van der Waals surface area contributed by atoms with E-state index in [2.05, 4.69) is 16.6 Å². The zero-order valence-electron chi connectivity index (χ0n) is 19.0. The number of carbonyl (C=O) groups is 3. The molecule has 1 amide bonds. The maximum atomic E-state index is 11.1. The smallest absolute Gasteiger partial charge is 0.221 e. The van der Waals surface area contributed by atoms with Crippen molar-refractivity contribution in [2.45, 2.75) is 33.6 Å². The van der Waals surface area contributed by atoms with Crippen molar-refractivity contribution in [3.05, 3.63) is 0 Å². The molecule has 0 heterocycles. The molecule has 0 bridgehead atoms. The second-order valence-corrected chi connectivity index (χ2v) is 5.38. The van der Waals surface area contributed by atoms with Gasteiger partial charge in [0.1, 0.15) is 19.5 Å². The SMILES string of the molecule is C#CCCC(=O)NCCOCCOCC=O.CC.CNCCOCCOCC(C)=O. The van der Waals surface area contributed by atoms with Crippen molar-refractivity contribution in [1.82, 2.24) is 10.6 Å². The minimum Gasteiger partial charge on any atom is -0.378 e. The molecule has 0 rings (SSSR count). The van der Waals surface area contributed by atoms with Gasteiger partial charge in [-0.3, -0.25) is 9.59 Å². The van der Waals surface area contributed by atoms with Crippen molar-refractivity contribution in [1.29, 1.82) is 0 Å². The van der Waals surface area contributed by atoms with Gasteiger partial charge in [-0.1, -0.05) is 13.8 Å². The maximum Gasteiger partial charge on any atom is 0.221 e. The van der Waals surface area contributed by atoms with Crippen molar-refractivity contribution in [2.24, 2.45) is 0 Å². The predicted molar refractivity (Wildman–Crippen MR) is 116 cm³/mol. The molecule has 0 spiro atoms. The van der Waals surface area contributed by atoms with Gasteiger partial charge in [0.05, 0.1) is 39.6 Å². The summed E-state index contributed by atoms with van der Waals surface area (Å²) in [7, 11) is 1.87. The number of nitrogens with one attached hydrogen (secondary N) is 2. The van der Waals surface area contributed by atoms with E-state index in [0.29, 0.717) is 65.3 Å². The third-order valence-corrected chi connectivity index (χ3v) is 2.80. The molecule has 0 fully saturated rings. The number of ketones is 1. The maximum absolute atomic E-state index is 11.1. The number of aldehydes is 1. The number of Topliss-reactive ketones (excluding diaryl/α,β-unsaturated/α-hetero) is 1. The van der Waals surface area contributed by atoms with E-state index in [1.807, 2.05) is 20.9 Å². The molecule has 0 saturated carbocycles. The molecule has 0 aromatic rings. The lowest BCUT2D eigenvalue weighted by Crippen LogP contribution is -2.27. The van der Waals surface area contributed by atoms with E-state index in [0.717, 1.165) is 6.54 Å². The number of hydrogen-bond acceptors (Lipinski definition) is 8. The van der Waals surface area contributed by atoms with E-state index >= 15 is 0 Å². The minimum absolute atomic E-state index is 0.0465. The van der Waals surface area contributed by atoms with Crippen LogP contribution in [0.25, 0.3) is 0 Å². The summed E-state index contributed by atoms with van der Waals surface area (Å²) in [5, 5.41) is 5.62. The first-order chi connectivity index (χ1) is 14.6. The summed E-state index contributed by atoms with van der Waals surface area (Å²) in [6.45, 7) is 10.0. The standard InChI is InChI=1S/C11H17NO4.C8H17NO3.C2H6/c1-2-3-4-11(14)12-5-7-15-9-10-16-8-6-13;1-8(10)7-12-6-5-11-4-3-9-2;1-2/h1,6H,3-5,7-10H2,(H,12,14);9H,3-7H2,1-2H3;1-2H3. The molecule has 0 radical (unpaired) electrons. The van der Waals surface area contributed by atoms with E-state index in [-0.39, 0.29) is 24.9 Å². The van der Waals surface area contributed by atoms with Gasteiger partial charge in [0.15, 0.2) is 5.78 Å². The zero-order valence-corrected chi connectivity index (χ0v) is 19.0. The van der Waals surface area contributed by atoms with Crippen LogP contribution in [0.4, 0.5) is 0 Å². The van der Waals surface area contributed by atoms with Gasteiger partial charge in [0.25, 0.3) is 0 Å². The van der Waals surface area contributed by atoms with Gasteiger partial charge >= 0.3 is 0 Å². The molecular formula is C21H40N2O7. The van der Waals surface area contributed by atoms with E-state index < -0.39 is 0 Å². The quantitative estimate of drug-likeness (QED) is 0.184. The van der Waals surface area contributed by atoms with Crippen LogP contribution >= 0.6 is 0 Å². The first kappa shape index (κ1) is 32.8. The fourth-order valence-corrected chi connectivity index (χ4v) is 1.50. The Morgan fingerprint density at radius 2 is 1.50 bits per heavy atom. The van der Waals surface area contributed by atoms with Crippen molar-refractivity contribution >= 4 is 18.0 Å². The summed E-state index contributed by atoms with van der Waals surface area (Å²) in [6, 6.07) is 0. The van der Waals surface area contributed by atoms with Crippen LogP contribution in [0.3, 0.4) is 0 Å². The van der Waals surface area contributed by atoms with Gasteiger partial charge in [0.2, 0.25) is 5.91 Å². The minimum atomic E-state index is -0.0706. The summed E-state index contributed by atoms with van der Waals surface area (Å²) >= 11 is 0. The normalized spacial score (nSPS) is 9.30. The Balaban J connectivity index is -0.000000464. The molecule has 9 heteroatoms. The van der Waals surface area contributed by atoms with Crippen molar-refractivity contribution < 1.29 is 33.3 Å². The summed E-state index contributed by atoms with van der Waals surface area (Å²) in [4.78, 5) is 31.3. The van der Waals surface area contributed by atoms with Crippen LogP contribution in [0.15, 0.2) is 0 Å². The highest BCUT2D eigenvalue weighted by atomic mass is 16.5. The monoisotopic (exact) mass is 432 g/mol. The van der Waals surface area contributed by atoms with Crippen molar-refractivity contribution in [2.75, 3.05) is 73.0 Å². The Bertz CT molecular complexity index is 426. The second-order valence-electron chi connectivity index (χ2n) is 5.38. The summed E-state index contributed by atoms with van der Waals surface area (Å²) in [5.41, 5.74) is 0. The van der Waals surface area contributed by atoms with Crippen LogP contribution in [0.5, 0.6) is 0 Å². The van der Waals surface area contributed by atoms with Crippen LogP contribution in [0, 0.1) is 12.3 Å². The van der Waals surface area contributed by atoms with Crippen LogP contribution in [0.1, 0.15) is 33.6 Å². The van der Waals surface area contributed by atoms with E-state index in [1.54, 1.807) is 0 Å². The van der Waals surface area contributed by atoms with Crippen LogP contribution in [-0.4, -0.2) is 91.0 Å². The molecule has 9 nitrogen and oxygen atoms in total. The average Bonchev–Trinajstić information content (AvgIpc) is 2.75. The first-order valence-electron chi connectivity index (χ1n) is 10.2. The molecule has 2 N–H and O–H groups in total. The van der Waals surface area contributed by atoms with Gasteiger partial charge in [-0.25, -0.2) is 0 Å². The third kappa shape index (κ3) is 37.0. The Morgan fingerprint density at radius 1 is 0.933 bits per heavy atom. The highest BCUT2D eigenvalue weighted by molar-refractivity contribution is 5.76. The molecule has 176 valence electrons. The van der Waals surface area contributed by atoms with E-state index in [1.165, 1.54) is 6.92 Å². The molecule has 0 aromatic heterocycles. The van der Waals surface area contributed by atoms with E-state index in [9.17, 15) is 14.4 Å². The lowest BCUT2D eigenvalue weighted by Gasteiger charge is -2.05. The topological polar surface area (TPSA) is 112 Å². The first-order valence-corrected chi connectivity index (χ1v) is 10.2. The number of rotatable bonds is 18. The fraction of sp³-hybridized carbons (Fsp3) is 0.762. The highest BCUT2D eigenvalue weighted by Gasteiger charge is 1.98. The molecule has 0 aliphatic heterocycles. The Hall–Kier alpha value is -1.83. The van der Waals surface area contributed by atoms with Crippen LogP contribution in [-0.2, 0) is 33.3 Å². The molecule has 0 aromatic carbocycles. The zero-order chi connectivity index (χ0) is 23.3. The molecule has 0 saturated heterocycles. The third-order valence-electron chi connectivity index (χ3n) is 2.80. The second kappa shape index (κ2) is 31.9. The molecule has 0 atom stereocenters. The molecule has 30 heavy (non-hydrogen) atoms. The largest absolute Gasteiger partial charge is 0.378 e. The van der Waals surface area contributed by atoms with Gasteiger partial charge in [0, 0.05) is 25.9 Å². The van der Waals surface area contributed by atoms with Crippen LogP contribution < -0.4 is 10.6 Å². The van der Waals surface area contributed by atoms with Gasteiger partial charge in [-0.15, -0.1) is 12.3 Å². The number of hydrogen-bond donors (Lipinski definition) is 2. The van der Waals surface area contributed by atoms with Gasteiger partial charge < -0.3 is 34.4 Å². The fourth-order valence-electron chi connectivity index (χ4n) is 1.50. The molecular weight excluding hydrogens is 392 g/mol. The van der Waals surface area contributed by atoms with Gasteiger partial charge in [-0.05, 0) is 14.0 Å². The van der Waals surface area contributed by atoms with Gasteiger partial charge in [-0.2, -0.15) is 0 Å². The molecule has 0 unspecified atom stereocenters. The number of carbonyl (C=O) groups excluding carboxylic acids is 3. The number of likely N-dealkylation sites (N-methyl/N-ethyl adjacent to an activating group) is 1. The van der Waals surface area contributed by atoms with E-state index in [4.69, 9.17) is 25.4 Å². The Labute approximate surface area is 181 Å². The predicted octanol–water partition coefficient (Wildman–Crippen LogP) is 0.602. The number of amides is 1. The van der Waals surface area contributed by atoms with Crippen molar-refractivity contribution in [3.63, 3.8) is 0 Å². The Kier molecular flexibility index (Phi) is 34.9. The Morgan fingerprint density at radius 3 is 2.03 bits per heavy atom. The van der Waals surface area contributed by atoms with Crippen molar-refractivity contribution in [3.8, 4) is 12.3 Å². The lowest BCUT2D eigenvalue weighted by atomic mass is 10.3. The summed E-state index contributed by atoms with van der Waals surface area (Å²) in [6.07, 6.45) is 6.50. The van der Waals surface area contributed by atoms with Crippen LogP contribution in [0.2, 0.25) is 0 Å². The average molecular weight is 433 g/mol. The highest BCUT2D eigenvalue weighted by Crippen LogP contribution is 1.85. The number of terminal acetylenes is 1. The molecule has 0 aliphatic carbocycles. The lowest BCUT2D eigenvalue weighted by molar-refractivity contribution is -0.122.